The van der Waals surface area contributed by atoms with Crippen LogP contribution in [0.3, 0.4) is 0 Å². The molecular formula is C28H22FN3O5S. The highest BCUT2D eigenvalue weighted by Crippen LogP contribution is 2.31. The molecule has 0 atom stereocenters. The maximum absolute atomic E-state index is 13.7. The van der Waals surface area contributed by atoms with Gasteiger partial charge in [-0.1, -0.05) is 42.5 Å². The van der Waals surface area contributed by atoms with Gasteiger partial charge in [-0.3, -0.25) is 18.7 Å². The first kappa shape index (κ1) is 25.1. The summed E-state index contributed by atoms with van der Waals surface area (Å²) in [5.74, 6) is -1.58. The van der Waals surface area contributed by atoms with Crippen LogP contribution in [-0.2, 0) is 22.6 Å². The van der Waals surface area contributed by atoms with Crippen molar-refractivity contribution in [1.29, 1.82) is 0 Å². The average molecular weight is 532 g/mol. The number of esters is 1. The standard InChI is InChI=1S/C28H22FN3O5S/c1-2-37-27(35)19-7-3-5-9-21(19)30-23(33)16-31-24-20-8-4-6-10-22(20)38-25(24)26(34)32(28(31)36)15-17-11-13-18(29)14-12-17/h3-14H,2,15-16H2,1H3,(H,30,33). The number of nitrogens with zero attached hydrogens (tertiary/aromatic N) is 2. The van der Waals surface area contributed by atoms with E-state index in [2.05, 4.69) is 5.32 Å². The number of benzene rings is 3. The van der Waals surface area contributed by atoms with Crippen molar-refractivity contribution in [2.45, 2.75) is 20.0 Å². The van der Waals surface area contributed by atoms with E-state index in [0.717, 1.165) is 9.27 Å². The van der Waals surface area contributed by atoms with Crippen molar-refractivity contribution < 1.29 is 18.7 Å². The molecule has 0 aliphatic carbocycles. The molecule has 0 fully saturated rings. The Kier molecular flexibility index (Phi) is 6.89. The summed E-state index contributed by atoms with van der Waals surface area (Å²) in [7, 11) is 0. The number of fused-ring (bicyclic) bond motifs is 3. The molecule has 3 aromatic carbocycles. The van der Waals surface area contributed by atoms with E-state index in [1.807, 2.05) is 12.1 Å². The lowest BCUT2D eigenvalue weighted by molar-refractivity contribution is -0.116. The number of hydrogen-bond acceptors (Lipinski definition) is 6. The first-order valence-corrected chi connectivity index (χ1v) is 12.6. The van der Waals surface area contributed by atoms with Crippen molar-refractivity contribution in [1.82, 2.24) is 9.13 Å². The topological polar surface area (TPSA) is 99.4 Å². The highest BCUT2D eigenvalue weighted by atomic mass is 32.1. The summed E-state index contributed by atoms with van der Waals surface area (Å²) in [6.07, 6.45) is 0. The van der Waals surface area contributed by atoms with Crippen molar-refractivity contribution in [3.63, 3.8) is 0 Å². The zero-order chi connectivity index (χ0) is 26.8. The van der Waals surface area contributed by atoms with Crippen LogP contribution in [0.15, 0.2) is 82.4 Å². The lowest BCUT2D eigenvalue weighted by atomic mass is 10.2. The Bertz CT molecular complexity index is 1800. The number of aromatic nitrogens is 2. The van der Waals surface area contributed by atoms with E-state index in [1.165, 1.54) is 46.2 Å². The Morgan fingerprint density at radius 1 is 0.947 bits per heavy atom. The molecule has 10 heteroatoms. The van der Waals surface area contributed by atoms with E-state index in [4.69, 9.17) is 4.74 Å². The van der Waals surface area contributed by atoms with Gasteiger partial charge in [0.1, 0.15) is 17.1 Å². The Hall–Kier alpha value is -4.57. The molecule has 2 aromatic heterocycles. The third-order valence-electron chi connectivity index (χ3n) is 5.99. The molecule has 0 bridgehead atoms. The average Bonchev–Trinajstić information content (AvgIpc) is 3.30. The van der Waals surface area contributed by atoms with Crippen LogP contribution < -0.4 is 16.6 Å². The smallest absolute Gasteiger partial charge is 0.340 e. The lowest BCUT2D eigenvalue weighted by Gasteiger charge is -2.14. The molecule has 5 aromatic rings. The molecule has 1 amide bonds. The van der Waals surface area contributed by atoms with E-state index in [1.54, 1.807) is 37.3 Å². The molecule has 2 heterocycles. The van der Waals surface area contributed by atoms with E-state index in [0.29, 0.717) is 21.2 Å². The number of ether oxygens (including phenoxy) is 1. The number of nitrogens with one attached hydrogen (secondary N) is 1. The highest BCUT2D eigenvalue weighted by molar-refractivity contribution is 7.25. The molecule has 0 radical (unpaired) electrons. The molecule has 0 saturated carbocycles. The van der Waals surface area contributed by atoms with E-state index in [-0.39, 0.29) is 24.4 Å². The Balaban J connectivity index is 1.60. The first-order valence-electron chi connectivity index (χ1n) is 11.8. The van der Waals surface area contributed by atoms with Crippen molar-refractivity contribution in [3.8, 4) is 0 Å². The van der Waals surface area contributed by atoms with E-state index in [9.17, 15) is 23.6 Å². The molecule has 8 nitrogen and oxygen atoms in total. The summed E-state index contributed by atoms with van der Waals surface area (Å²) in [6.45, 7) is 1.37. The maximum Gasteiger partial charge on any atom is 0.340 e. The van der Waals surface area contributed by atoms with Gasteiger partial charge in [0.25, 0.3) is 5.56 Å². The second kappa shape index (κ2) is 10.4. The third-order valence-corrected chi connectivity index (χ3v) is 7.14. The van der Waals surface area contributed by atoms with E-state index >= 15 is 0 Å². The predicted octanol–water partition coefficient (Wildman–Crippen LogP) is 4.38. The van der Waals surface area contributed by atoms with Crippen LogP contribution in [-0.4, -0.2) is 27.6 Å². The van der Waals surface area contributed by atoms with Gasteiger partial charge in [0.15, 0.2) is 0 Å². The van der Waals surface area contributed by atoms with Crippen molar-refractivity contribution in [2.24, 2.45) is 0 Å². The fourth-order valence-corrected chi connectivity index (χ4v) is 5.42. The molecule has 0 unspecified atom stereocenters. The largest absolute Gasteiger partial charge is 0.462 e. The molecule has 0 aliphatic rings. The lowest BCUT2D eigenvalue weighted by Crippen LogP contribution is -2.41. The van der Waals surface area contributed by atoms with Crippen LogP contribution in [0.25, 0.3) is 20.3 Å². The van der Waals surface area contributed by atoms with Crippen molar-refractivity contribution in [3.05, 3.63) is 111 Å². The van der Waals surface area contributed by atoms with Crippen LogP contribution in [0, 0.1) is 5.82 Å². The van der Waals surface area contributed by atoms with Crippen LogP contribution in [0.1, 0.15) is 22.8 Å². The second-order valence-electron chi connectivity index (χ2n) is 8.48. The summed E-state index contributed by atoms with van der Waals surface area (Å²) >= 11 is 1.24. The quantitative estimate of drug-likeness (QED) is 0.314. The molecule has 0 aliphatic heterocycles. The predicted molar refractivity (Wildman–Crippen MR) is 144 cm³/mol. The molecule has 0 saturated heterocycles. The maximum atomic E-state index is 13.7. The number of anilines is 1. The van der Waals surface area contributed by atoms with Gasteiger partial charge in [-0.25, -0.2) is 14.0 Å². The molecule has 1 N–H and O–H groups in total. The SMILES string of the molecule is CCOC(=O)c1ccccc1NC(=O)Cn1c(=O)n(Cc2ccc(F)cc2)c(=O)c2sc3ccccc3c21. The zero-order valence-electron chi connectivity index (χ0n) is 20.3. The molecule has 192 valence electrons. The normalized spacial score (nSPS) is 11.1. The summed E-state index contributed by atoms with van der Waals surface area (Å²) in [4.78, 5) is 52.6. The van der Waals surface area contributed by atoms with Gasteiger partial charge in [-0.05, 0) is 42.8 Å². The minimum Gasteiger partial charge on any atom is -0.462 e. The number of carbonyl (C=O) groups excluding carboxylic acids is 2. The molecular weight excluding hydrogens is 509 g/mol. The first-order chi connectivity index (χ1) is 18.4. The fourth-order valence-electron chi connectivity index (χ4n) is 4.27. The summed E-state index contributed by atoms with van der Waals surface area (Å²) in [5.41, 5.74) is 0.191. The minimum atomic E-state index is -0.677. The second-order valence-corrected chi connectivity index (χ2v) is 9.53. The van der Waals surface area contributed by atoms with Crippen LogP contribution in [0.5, 0.6) is 0 Å². The Labute approximate surface area is 219 Å². The number of para-hydroxylation sites is 1. The van der Waals surface area contributed by atoms with Crippen molar-refractivity contribution in [2.75, 3.05) is 11.9 Å². The molecule has 5 rings (SSSR count). The number of halogens is 1. The van der Waals surface area contributed by atoms with Gasteiger partial charge in [0.2, 0.25) is 5.91 Å². The van der Waals surface area contributed by atoms with Gasteiger partial charge in [-0.15, -0.1) is 11.3 Å². The number of amides is 1. The van der Waals surface area contributed by atoms with Gasteiger partial charge in [-0.2, -0.15) is 0 Å². The third kappa shape index (κ3) is 4.73. The summed E-state index contributed by atoms with van der Waals surface area (Å²) in [6, 6.07) is 19.2. The van der Waals surface area contributed by atoms with Crippen molar-refractivity contribution >= 4 is 49.2 Å². The summed E-state index contributed by atoms with van der Waals surface area (Å²) in [5, 5.41) is 3.37. The number of hydrogen-bond donors (Lipinski definition) is 1. The zero-order valence-corrected chi connectivity index (χ0v) is 21.1. The van der Waals surface area contributed by atoms with Gasteiger partial charge < -0.3 is 10.1 Å². The Morgan fingerprint density at radius 3 is 2.42 bits per heavy atom. The van der Waals surface area contributed by atoms with Crippen LogP contribution >= 0.6 is 11.3 Å². The number of carbonyl (C=O) groups is 2. The van der Waals surface area contributed by atoms with Crippen LogP contribution in [0.2, 0.25) is 0 Å². The summed E-state index contributed by atoms with van der Waals surface area (Å²) < 4.78 is 21.9. The Morgan fingerprint density at radius 2 is 1.66 bits per heavy atom. The fraction of sp³-hybridized carbons (Fsp3) is 0.143. The van der Waals surface area contributed by atoms with Gasteiger partial charge >= 0.3 is 11.7 Å². The number of rotatable bonds is 7. The van der Waals surface area contributed by atoms with Gasteiger partial charge in [0.05, 0.1) is 29.9 Å². The van der Waals surface area contributed by atoms with Crippen LogP contribution in [0.4, 0.5) is 10.1 Å². The van der Waals surface area contributed by atoms with Gasteiger partial charge in [0, 0.05) is 10.1 Å². The molecule has 38 heavy (non-hydrogen) atoms. The minimum absolute atomic E-state index is 0.0879. The monoisotopic (exact) mass is 531 g/mol. The molecule has 0 spiro atoms. The number of thiophene rings is 1. The highest BCUT2D eigenvalue weighted by Gasteiger charge is 2.21. The van der Waals surface area contributed by atoms with E-state index < -0.39 is 35.5 Å².